The third-order valence-electron chi connectivity index (χ3n) is 2.47. The van der Waals surface area contributed by atoms with Crippen LogP contribution < -0.4 is 0 Å². The first-order valence-electron chi connectivity index (χ1n) is 4.95. The summed E-state index contributed by atoms with van der Waals surface area (Å²) in [4.78, 5) is 24.0. The molecular formula is C10H17NO4. The molecule has 1 aliphatic heterocycles. The number of rotatable bonds is 1. The van der Waals surface area contributed by atoms with E-state index in [9.17, 15) is 14.7 Å². The van der Waals surface area contributed by atoms with Gasteiger partial charge in [-0.25, -0.2) is 4.79 Å². The van der Waals surface area contributed by atoms with Crippen molar-refractivity contribution in [3.05, 3.63) is 0 Å². The lowest BCUT2D eigenvalue weighted by Gasteiger charge is -2.28. The van der Waals surface area contributed by atoms with Crippen LogP contribution in [0.15, 0.2) is 0 Å². The van der Waals surface area contributed by atoms with Crippen molar-refractivity contribution in [1.82, 2.24) is 4.90 Å². The molecule has 0 saturated carbocycles. The molecule has 0 spiro atoms. The molecule has 1 aliphatic rings. The van der Waals surface area contributed by atoms with Gasteiger partial charge in [-0.3, -0.25) is 4.79 Å². The highest BCUT2D eigenvalue weighted by Gasteiger charge is 2.42. The maximum absolute atomic E-state index is 11.9. The van der Waals surface area contributed by atoms with Crippen molar-refractivity contribution in [3.63, 3.8) is 0 Å². The summed E-state index contributed by atoms with van der Waals surface area (Å²) < 4.78 is 0. The van der Waals surface area contributed by atoms with Crippen LogP contribution in [0.3, 0.4) is 0 Å². The highest BCUT2D eigenvalue weighted by atomic mass is 16.4. The van der Waals surface area contributed by atoms with E-state index in [1.807, 2.05) is 0 Å². The zero-order valence-corrected chi connectivity index (χ0v) is 9.23. The summed E-state index contributed by atoms with van der Waals surface area (Å²) in [6.07, 6.45) is -0.602. The molecule has 5 heteroatoms. The number of β-amino-alcohol motifs (C(OH)–C–C–N with tert-alkyl or cyclic N) is 1. The molecule has 1 rings (SSSR count). The number of aliphatic hydroxyl groups excluding tert-OH is 1. The largest absolute Gasteiger partial charge is 0.480 e. The Morgan fingerprint density at radius 1 is 1.33 bits per heavy atom. The topological polar surface area (TPSA) is 77.8 Å². The average Bonchev–Trinajstić information content (AvgIpc) is 2.44. The number of carboxylic acids is 1. The molecular weight excluding hydrogens is 198 g/mol. The number of nitrogens with zero attached hydrogens (tertiary/aromatic N) is 1. The van der Waals surface area contributed by atoms with Crippen molar-refractivity contribution in [3.8, 4) is 0 Å². The van der Waals surface area contributed by atoms with E-state index in [2.05, 4.69) is 0 Å². The van der Waals surface area contributed by atoms with Crippen LogP contribution in [0.1, 0.15) is 27.2 Å². The zero-order valence-electron chi connectivity index (χ0n) is 9.23. The van der Waals surface area contributed by atoms with Crippen molar-refractivity contribution >= 4 is 11.9 Å². The van der Waals surface area contributed by atoms with Gasteiger partial charge in [-0.1, -0.05) is 20.8 Å². The standard InChI is InChI=1S/C10H17NO4/c1-10(2,3)9(15)11-5-6(12)4-7(11)8(13)14/h6-7,12H,4-5H2,1-3H3,(H,13,14)/t6-,7-/m0/s1. The van der Waals surface area contributed by atoms with Crippen LogP contribution in [-0.4, -0.2) is 45.7 Å². The maximum atomic E-state index is 11.9. The fourth-order valence-corrected chi connectivity index (χ4v) is 1.70. The van der Waals surface area contributed by atoms with Crippen LogP contribution in [0.4, 0.5) is 0 Å². The van der Waals surface area contributed by atoms with Gasteiger partial charge >= 0.3 is 5.97 Å². The van der Waals surface area contributed by atoms with Gasteiger partial charge in [0.1, 0.15) is 6.04 Å². The van der Waals surface area contributed by atoms with Gasteiger partial charge in [0.05, 0.1) is 6.10 Å². The number of aliphatic hydroxyl groups is 1. The number of carbonyl (C=O) groups excluding carboxylic acids is 1. The number of carbonyl (C=O) groups is 2. The number of aliphatic carboxylic acids is 1. The van der Waals surface area contributed by atoms with E-state index in [0.717, 1.165) is 0 Å². The lowest BCUT2D eigenvalue weighted by atomic mass is 9.94. The van der Waals surface area contributed by atoms with E-state index in [0.29, 0.717) is 0 Å². The highest BCUT2D eigenvalue weighted by molar-refractivity contribution is 5.87. The summed E-state index contributed by atoms with van der Waals surface area (Å²) >= 11 is 0. The van der Waals surface area contributed by atoms with Crippen molar-refractivity contribution < 1.29 is 19.8 Å². The van der Waals surface area contributed by atoms with Crippen LogP contribution in [0.2, 0.25) is 0 Å². The van der Waals surface area contributed by atoms with Gasteiger partial charge < -0.3 is 15.1 Å². The molecule has 1 fully saturated rings. The second-order valence-corrected chi connectivity index (χ2v) is 4.95. The van der Waals surface area contributed by atoms with E-state index in [-0.39, 0.29) is 18.9 Å². The van der Waals surface area contributed by atoms with Crippen LogP contribution in [-0.2, 0) is 9.59 Å². The summed E-state index contributed by atoms with van der Waals surface area (Å²) in [6, 6.07) is -0.883. The number of hydrogen-bond acceptors (Lipinski definition) is 3. The highest BCUT2D eigenvalue weighted by Crippen LogP contribution is 2.25. The molecule has 0 aliphatic carbocycles. The fraction of sp³-hybridized carbons (Fsp3) is 0.800. The lowest BCUT2D eigenvalue weighted by Crippen LogP contribution is -2.45. The first-order chi connectivity index (χ1) is 6.73. The molecule has 2 N–H and O–H groups in total. The van der Waals surface area contributed by atoms with Gasteiger partial charge in [0, 0.05) is 18.4 Å². The summed E-state index contributed by atoms with van der Waals surface area (Å²) in [5, 5.41) is 18.3. The van der Waals surface area contributed by atoms with Crippen molar-refractivity contribution in [2.75, 3.05) is 6.54 Å². The molecule has 1 heterocycles. The monoisotopic (exact) mass is 215 g/mol. The van der Waals surface area contributed by atoms with Gasteiger partial charge in [0.25, 0.3) is 0 Å². The van der Waals surface area contributed by atoms with E-state index < -0.39 is 23.5 Å². The van der Waals surface area contributed by atoms with Gasteiger partial charge in [-0.05, 0) is 0 Å². The van der Waals surface area contributed by atoms with Crippen LogP contribution in [0.5, 0.6) is 0 Å². The molecule has 0 aromatic heterocycles. The molecule has 0 aromatic rings. The Morgan fingerprint density at radius 3 is 2.27 bits per heavy atom. The Labute approximate surface area is 88.7 Å². The molecule has 1 saturated heterocycles. The molecule has 1 amide bonds. The third-order valence-corrected chi connectivity index (χ3v) is 2.47. The molecule has 5 nitrogen and oxygen atoms in total. The molecule has 2 atom stereocenters. The molecule has 0 aromatic carbocycles. The first kappa shape index (κ1) is 12.0. The summed E-state index contributed by atoms with van der Waals surface area (Å²) in [7, 11) is 0. The molecule has 0 unspecified atom stereocenters. The number of carboxylic acid groups (broad SMARTS) is 1. The predicted molar refractivity (Wildman–Crippen MR) is 53.2 cm³/mol. The fourth-order valence-electron chi connectivity index (χ4n) is 1.70. The minimum atomic E-state index is -1.05. The Morgan fingerprint density at radius 2 is 1.87 bits per heavy atom. The van der Waals surface area contributed by atoms with Crippen LogP contribution in [0, 0.1) is 5.41 Å². The van der Waals surface area contributed by atoms with Gasteiger partial charge in [0.15, 0.2) is 0 Å². The molecule has 0 radical (unpaired) electrons. The van der Waals surface area contributed by atoms with Gasteiger partial charge in [-0.15, -0.1) is 0 Å². The Balaban J connectivity index is 2.85. The summed E-state index contributed by atoms with van der Waals surface area (Å²) in [6.45, 7) is 5.32. The van der Waals surface area contributed by atoms with E-state index in [1.165, 1.54) is 4.90 Å². The van der Waals surface area contributed by atoms with Crippen molar-refractivity contribution in [2.24, 2.45) is 5.41 Å². The minimum Gasteiger partial charge on any atom is -0.480 e. The average molecular weight is 215 g/mol. The van der Waals surface area contributed by atoms with Crippen molar-refractivity contribution in [2.45, 2.75) is 39.3 Å². The van der Waals surface area contributed by atoms with Gasteiger partial charge in [-0.2, -0.15) is 0 Å². The van der Waals surface area contributed by atoms with Gasteiger partial charge in [0.2, 0.25) is 5.91 Å². The Bertz CT molecular complexity index is 282. The Hall–Kier alpha value is -1.10. The normalized spacial score (nSPS) is 26.8. The maximum Gasteiger partial charge on any atom is 0.326 e. The molecule has 0 bridgehead atoms. The number of hydrogen-bond donors (Lipinski definition) is 2. The van der Waals surface area contributed by atoms with E-state index in [1.54, 1.807) is 20.8 Å². The third kappa shape index (κ3) is 2.47. The smallest absolute Gasteiger partial charge is 0.326 e. The predicted octanol–water partition coefficient (Wildman–Crippen LogP) is 0.0789. The van der Waals surface area contributed by atoms with Crippen molar-refractivity contribution in [1.29, 1.82) is 0 Å². The zero-order chi connectivity index (χ0) is 11.8. The van der Waals surface area contributed by atoms with Crippen LogP contribution in [0.25, 0.3) is 0 Å². The van der Waals surface area contributed by atoms with E-state index in [4.69, 9.17) is 5.11 Å². The lowest BCUT2D eigenvalue weighted by molar-refractivity contribution is -0.151. The van der Waals surface area contributed by atoms with Crippen LogP contribution >= 0.6 is 0 Å². The number of amides is 1. The number of likely N-dealkylation sites (tertiary alicyclic amines) is 1. The quantitative estimate of drug-likeness (QED) is 0.649. The SMILES string of the molecule is CC(C)(C)C(=O)N1C[C@@H](O)C[C@H]1C(=O)O. The minimum absolute atomic E-state index is 0.118. The first-order valence-corrected chi connectivity index (χ1v) is 4.95. The Kier molecular flexibility index (Phi) is 3.04. The summed E-state index contributed by atoms with van der Waals surface area (Å²) in [5.74, 6) is -1.28. The van der Waals surface area contributed by atoms with E-state index >= 15 is 0 Å². The molecule has 15 heavy (non-hydrogen) atoms. The second kappa shape index (κ2) is 3.81. The summed E-state index contributed by atoms with van der Waals surface area (Å²) in [5.41, 5.74) is -0.613. The molecule has 86 valence electrons. The second-order valence-electron chi connectivity index (χ2n) is 4.95.